The van der Waals surface area contributed by atoms with E-state index in [4.69, 9.17) is 0 Å². The number of aldehydes is 1. The van der Waals surface area contributed by atoms with E-state index in [0.29, 0.717) is 24.1 Å². The van der Waals surface area contributed by atoms with Crippen LogP contribution in [0.3, 0.4) is 0 Å². The molecule has 14 heavy (non-hydrogen) atoms. The largest absolute Gasteiger partial charge is 0.303 e. The molecule has 0 bridgehead atoms. The maximum atomic E-state index is 13.3. The van der Waals surface area contributed by atoms with Gasteiger partial charge in [0, 0.05) is 12.6 Å². The first-order chi connectivity index (χ1) is 6.81. The molecule has 0 aliphatic carbocycles. The van der Waals surface area contributed by atoms with E-state index in [1.807, 2.05) is 0 Å². The molecule has 0 fully saturated rings. The Bertz CT molecular complexity index is 466. The molecule has 0 radical (unpaired) electrons. The predicted molar refractivity (Wildman–Crippen MR) is 47.3 cm³/mol. The molecule has 0 N–H and O–H groups in total. The fraction of sp³-hybridized carbons (Fsp3) is 0.222. The first-order valence-corrected chi connectivity index (χ1v) is 4.22. The van der Waals surface area contributed by atoms with Crippen LogP contribution in [0.5, 0.6) is 0 Å². The van der Waals surface area contributed by atoms with E-state index in [-0.39, 0.29) is 5.82 Å². The molecule has 0 aliphatic rings. The standard InChI is InChI=1S/C9H8FN3O/c10-8-5-13-6-11-12-9(13)4-7(8)2-1-3-14/h3-6H,1-2H2. The fourth-order valence-corrected chi connectivity index (χ4v) is 1.29. The van der Waals surface area contributed by atoms with Crippen molar-refractivity contribution < 1.29 is 9.18 Å². The summed E-state index contributed by atoms with van der Waals surface area (Å²) in [5.74, 6) is -0.334. The van der Waals surface area contributed by atoms with Crippen LogP contribution in [-0.2, 0) is 11.2 Å². The summed E-state index contributed by atoms with van der Waals surface area (Å²) in [5, 5.41) is 7.43. The van der Waals surface area contributed by atoms with Crippen LogP contribution in [0.4, 0.5) is 4.39 Å². The van der Waals surface area contributed by atoms with Crippen molar-refractivity contribution in [3.05, 3.63) is 30.0 Å². The van der Waals surface area contributed by atoms with E-state index in [2.05, 4.69) is 10.2 Å². The Kier molecular flexibility index (Phi) is 2.22. The average Bonchev–Trinajstić information content (AvgIpc) is 2.61. The van der Waals surface area contributed by atoms with Gasteiger partial charge in [-0.05, 0) is 18.1 Å². The SMILES string of the molecule is O=CCCc1cc2nncn2cc1F. The predicted octanol–water partition coefficient (Wildman–Crippen LogP) is 1.000. The molecule has 4 nitrogen and oxygen atoms in total. The molecule has 0 aliphatic heterocycles. The van der Waals surface area contributed by atoms with Crippen LogP contribution >= 0.6 is 0 Å². The number of aromatic nitrogens is 3. The van der Waals surface area contributed by atoms with Crippen molar-refractivity contribution in [3.63, 3.8) is 0 Å². The summed E-state index contributed by atoms with van der Waals surface area (Å²) in [4.78, 5) is 10.1. The Morgan fingerprint density at radius 3 is 3.21 bits per heavy atom. The van der Waals surface area contributed by atoms with Crippen molar-refractivity contribution in [2.24, 2.45) is 0 Å². The summed E-state index contributed by atoms with van der Waals surface area (Å²) < 4.78 is 14.8. The maximum absolute atomic E-state index is 13.3. The van der Waals surface area contributed by atoms with Gasteiger partial charge in [0.25, 0.3) is 0 Å². The number of carbonyl (C=O) groups excluding carboxylic acids is 1. The van der Waals surface area contributed by atoms with E-state index in [1.165, 1.54) is 16.9 Å². The number of nitrogens with zero attached hydrogens (tertiary/aromatic N) is 3. The van der Waals surface area contributed by atoms with Gasteiger partial charge in [-0.25, -0.2) is 4.39 Å². The normalized spacial score (nSPS) is 10.6. The summed E-state index contributed by atoms with van der Waals surface area (Å²) in [6, 6.07) is 1.60. The lowest BCUT2D eigenvalue weighted by Gasteiger charge is -2.00. The number of carbonyl (C=O) groups is 1. The number of halogens is 1. The fourth-order valence-electron chi connectivity index (χ4n) is 1.29. The van der Waals surface area contributed by atoms with Crippen LogP contribution in [0.2, 0.25) is 0 Å². The van der Waals surface area contributed by atoms with Gasteiger partial charge in [-0.2, -0.15) is 0 Å². The third-order valence-electron chi connectivity index (χ3n) is 1.99. The minimum atomic E-state index is -0.334. The molecular weight excluding hydrogens is 185 g/mol. The van der Waals surface area contributed by atoms with Gasteiger partial charge in [-0.15, -0.1) is 10.2 Å². The molecule has 2 aromatic heterocycles. The minimum Gasteiger partial charge on any atom is -0.303 e. The monoisotopic (exact) mass is 193 g/mol. The lowest BCUT2D eigenvalue weighted by Crippen LogP contribution is -1.95. The highest BCUT2D eigenvalue weighted by atomic mass is 19.1. The Labute approximate surface area is 79.4 Å². The smallest absolute Gasteiger partial charge is 0.161 e. The van der Waals surface area contributed by atoms with E-state index >= 15 is 0 Å². The Hall–Kier alpha value is -1.78. The van der Waals surface area contributed by atoms with Gasteiger partial charge in [0.1, 0.15) is 18.4 Å². The van der Waals surface area contributed by atoms with Gasteiger partial charge < -0.3 is 4.79 Å². The molecule has 2 heterocycles. The first kappa shape index (κ1) is 8.80. The van der Waals surface area contributed by atoms with E-state index in [0.717, 1.165) is 6.29 Å². The maximum Gasteiger partial charge on any atom is 0.161 e. The molecule has 0 saturated heterocycles. The van der Waals surface area contributed by atoms with E-state index < -0.39 is 0 Å². The van der Waals surface area contributed by atoms with Crippen LogP contribution in [0, 0.1) is 5.82 Å². The zero-order valence-electron chi connectivity index (χ0n) is 7.35. The highest BCUT2D eigenvalue weighted by Crippen LogP contribution is 2.11. The van der Waals surface area contributed by atoms with Gasteiger partial charge in [0.2, 0.25) is 0 Å². The summed E-state index contributed by atoms with van der Waals surface area (Å²) >= 11 is 0. The number of fused-ring (bicyclic) bond motifs is 1. The summed E-state index contributed by atoms with van der Waals surface area (Å²) in [6.07, 6.45) is 4.24. The molecule has 72 valence electrons. The zero-order chi connectivity index (χ0) is 9.97. The van der Waals surface area contributed by atoms with Crippen LogP contribution in [0.1, 0.15) is 12.0 Å². The molecule has 5 heteroatoms. The third-order valence-corrected chi connectivity index (χ3v) is 1.99. The summed E-state index contributed by atoms with van der Waals surface area (Å²) in [7, 11) is 0. The van der Waals surface area contributed by atoms with Crippen molar-refractivity contribution in [3.8, 4) is 0 Å². The number of pyridine rings is 1. The molecule has 0 aromatic carbocycles. The second-order valence-electron chi connectivity index (χ2n) is 2.95. The molecule has 0 unspecified atom stereocenters. The Morgan fingerprint density at radius 1 is 1.57 bits per heavy atom. The zero-order valence-corrected chi connectivity index (χ0v) is 7.35. The van der Waals surface area contributed by atoms with Crippen LogP contribution in [-0.4, -0.2) is 20.9 Å². The molecular formula is C9H8FN3O. The number of aryl methyl sites for hydroxylation is 1. The molecule has 0 amide bonds. The number of hydrogen-bond acceptors (Lipinski definition) is 3. The second kappa shape index (κ2) is 3.53. The Balaban J connectivity index is 2.42. The summed E-state index contributed by atoms with van der Waals surface area (Å²) in [5.41, 5.74) is 1.09. The first-order valence-electron chi connectivity index (χ1n) is 4.22. The van der Waals surface area contributed by atoms with Gasteiger partial charge in [0.15, 0.2) is 5.65 Å². The molecule has 0 saturated carbocycles. The number of rotatable bonds is 3. The van der Waals surface area contributed by atoms with Crippen molar-refractivity contribution in [1.82, 2.24) is 14.6 Å². The minimum absolute atomic E-state index is 0.321. The summed E-state index contributed by atoms with van der Waals surface area (Å²) in [6.45, 7) is 0. The molecule has 2 rings (SSSR count). The van der Waals surface area contributed by atoms with Crippen LogP contribution in [0.15, 0.2) is 18.6 Å². The third kappa shape index (κ3) is 1.48. The highest BCUT2D eigenvalue weighted by Gasteiger charge is 2.05. The van der Waals surface area contributed by atoms with Gasteiger partial charge in [0.05, 0.1) is 0 Å². The second-order valence-corrected chi connectivity index (χ2v) is 2.95. The van der Waals surface area contributed by atoms with E-state index in [1.54, 1.807) is 6.07 Å². The molecule has 0 spiro atoms. The van der Waals surface area contributed by atoms with Crippen molar-refractivity contribution in [2.45, 2.75) is 12.8 Å². The number of hydrogen-bond donors (Lipinski definition) is 0. The average molecular weight is 193 g/mol. The van der Waals surface area contributed by atoms with Crippen molar-refractivity contribution in [2.75, 3.05) is 0 Å². The lowest BCUT2D eigenvalue weighted by atomic mass is 10.1. The lowest BCUT2D eigenvalue weighted by molar-refractivity contribution is -0.107. The van der Waals surface area contributed by atoms with Crippen LogP contribution in [0.25, 0.3) is 5.65 Å². The van der Waals surface area contributed by atoms with Gasteiger partial charge in [-0.3, -0.25) is 4.40 Å². The quantitative estimate of drug-likeness (QED) is 0.683. The topological polar surface area (TPSA) is 47.3 Å². The van der Waals surface area contributed by atoms with E-state index in [9.17, 15) is 9.18 Å². The Morgan fingerprint density at radius 2 is 2.43 bits per heavy atom. The van der Waals surface area contributed by atoms with Crippen molar-refractivity contribution in [1.29, 1.82) is 0 Å². The van der Waals surface area contributed by atoms with Gasteiger partial charge in [-0.1, -0.05) is 0 Å². The highest BCUT2D eigenvalue weighted by molar-refractivity contribution is 5.50. The molecule has 0 atom stereocenters. The molecule has 2 aromatic rings. The van der Waals surface area contributed by atoms with Crippen LogP contribution < -0.4 is 0 Å². The van der Waals surface area contributed by atoms with Crippen molar-refractivity contribution >= 4 is 11.9 Å². The van der Waals surface area contributed by atoms with Gasteiger partial charge >= 0.3 is 0 Å².